The molecular weight excluding hydrogens is 272 g/mol. The van der Waals surface area contributed by atoms with E-state index in [-0.39, 0.29) is 11.8 Å². The van der Waals surface area contributed by atoms with E-state index in [9.17, 15) is 4.79 Å². The maximum atomic E-state index is 12.3. The van der Waals surface area contributed by atoms with Crippen molar-refractivity contribution < 1.29 is 9.53 Å². The molecule has 0 unspecified atom stereocenters. The Labute approximate surface area is 123 Å². The molecule has 1 aromatic rings. The molecule has 2 N–H and O–H groups in total. The van der Waals surface area contributed by atoms with Gasteiger partial charge in [-0.2, -0.15) is 0 Å². The molecule has 0 saturated heterocycles. The van der Waals surface area contributed by atoms with Gasteiger partial charge in [0.1, 0.15) is 5.75 Å². The van der Waals surface area contributed by atoms with Gasteiger partial charge < -0.3 is 15.4 Å². The zero-order valence-electron chi connectivity index (χ0n) is 11.2. The van der Waals surface area contributed by atoms with Crippen LogP contribution < -0.4 is 15.4 Å². The lowest BCUT2D eigenvalue weighted by molar-refractivity contribution is -0.116. The summed E-state index contributed by atoms with van der Waals surface area (Å²) in [5.41, 5.74) is 2.78. The van der Waals surface area contributed by atoms with Crippen molar-refractivity contribution in [3.8, 4) is 5.75 Å². The van der Waals surface area contributed by atoms with Crippen LogP contribution in [-0.4, -0.2) is 18.0 Å². The highest BCUT2D eigenvalue weighted by Gasteiger charge is 2.33. The van der Waals surface area contributed by atoms with Crippen LogP contribution in [-0.2, 0) is 4.79 Å². The van der Waals surface area contributed by atoms with E-state index in [1.807, 2.05) is 24.3 Å². The van der Waals surface area contributed by atoms with Gasteiger partial charge in [-0.05, 0) is 42.8 Å². The minimum absolute atomic E-state index is 0.179. The molecule has 2 aliphatic rings. The minimum Gasteiger partial charge on any atom is -0.497 e. The average Bonchev–Trinajstić information content (AvgIpc) is 2.46. The Balaban J connectivity index is 2.05. The third kappa shape index (κ3) is 2.29. The van der Waals surface area contributed by atoms with Gasteiger partial charge in [-0.1, -0.05) is 12.1 Å². The number of ether oxygens (including phenoxy) is 1. The second kappa shape index (κ2) is 5.25. The molecule has 1 aliphatic heterocycles. The van der Waals surface area contributed by atoms with Crippen molar-refractivity contribution in [1.29, 1.82) is 0 Å². The van der Waals surface area contributed by atoms with Crippen molar-refractivity contribution in [2.24, 2.45) is 0 Å². The number of hydrogen-bond acceptors (Lipinski definition) is 3. The summed E-state index contributed by atoms with van der Waals surface area (Å²) in [6.45, 7) is 0. The van der Waals surface area contributed by atoms with Crippen LogP contribution in [0.15, 0.2) is 35.5 Å². The van der Waals surface area contributed by atoms with E-state index < -0.39 is 0 Å². The van der Waals surface area contributed by atoms with E-state index in [2.05, 4.69) is 10.6 Å². The van der Waals surface area contributed by atoms with Crippen LogP contribution in [0.5, 0.6) is 5.75 Å². The van der Waals surface area contributed by atoms with Crippen LogP contribution in [0.2, 0.25) is 0 Å². The van der Waals surface area contributed by atoms with Crippen LogP contribution in [0.25, 0.3) is 0 Å². The fourth-order valence-electron chi connectivity index (χ4n) is 2.78. The van der Waals surface area contributed by atoms with Crippen molar-refractivity contribution in [2.45, 2.75) is 25.3 Å². The van der Waals surface area contributed by atoms with Gasteiger partial charge in [-0.15, -0.1) is 0 Å². The van der Waals surface area contributed by atoms with Crippen molar-refractivity contribution >= 4 is 23.1 Å². The molecule has 4 nitrogen and oxygen atoms in total. The van der Waals surface area contributed by atoms with Crippen LogP contribution in [0.4, 0.5) is 0 Å². The number of methoxy groups -OCH3 is 1. The van der Waals surface area contributed by atoms with Crippen molar-refractivity contribution in [1.82, 2.24) is 10.6 Å². The van der Waals surface area contributed by atoms with E-state index in [1.165, 1.54) is 0 Å². The van der Waals surface area contributed by atoms with Gasteiger partial charge in [-0.3, -0.25) is 4.79 Å². The van der Waals surface area contributed by atoms with Crippen molar-refractivity contribution in [3.63, 3.8) is 0 Å². The Bertz CT molecular complexity index is 610. The van der Waals surface area contributed by atoms with Crippen LogP contribution in [0.3, 0.4) is 0 Å². The number of benzene rings is 1. The number of Topliss-reactive ketones (excluding diaryl/α,β-unsaturated/α-hetero) is 1. The number of allylic oxidation sites excluding steroid dienone is 1. The fourth-order valence-corrected chi connectivity index (χ4v) is 3.02. The maximum absolute atomic E-state index is 12.3. The Hall–Kier alpha value is -1.88. The maximum Gasteiger partial charge on any atom is 0.171 e. The van der Waals surface area contributed by atoms with Gasteiger partial charge in [0.2, 0.25) is 0 Å². The van der Waals surface area contributed by atoms with Gasteiger partial charge >= 0.3 is 0 Å². The third-order valence-electron chi connectivity index (χ3n) is 3.71. The van der Waals surface area contributed by atoms with Gasteiger partial charge in [0.05, 0.1) is 13.2 Å². The van der Waals surface area contributed by atoms with Gasteiger partial charge in [0.25, 0.3) is 0 Å². The largest absolute Gasteiger partial charge is 0.497 e. The molecule has 0 spiro atoms. The third-order valence-corrected chi connectivity index (χ3v) is 3.93. The molecule has 1 heterocycles. The molecule has 20 heavy (non-hydrogen) atoms. The molecule has 0 amide bonds. The van der Waals surface area contributed by atoms with Gasteiger partial charge in [-0.25, -0.2) is 0 Å². The van der Waals surface area contributed by atoms with Gasteiger partial charge in [0.15, 0.2) is 10.9 Å². The standard InChI is InChI=1S/C15H16N2O2S/c1-19-10-5-2-4-9(8-10)14-13-11(16-15(20)17-14)6-3-7-12(13)18/h2,4-5,8,14H,3,6-7H2,1H3,(H2,16,17,20)/t14-/m0/s1. The Kier molecular flexibility index (Phi) is 3.44. The number of rotatable bonds is 2. The number of nitrogens with one attached hydrogen (secondary N) is 2. The first kappa shape index (κ1) is 13.1. The smallest absolute Gasteiger partial charge is 0.171 e. The molecule has 104 valence electrons. The van der Waals surface area contributed by atoms with Crippen LogP contribution >= 0.6 is 12.2 Å². The molecule has 5 heteroatoms. The fraction of sp³-hybridized carbons (Fsp3) is 0.333. The topological polar surface area (TPSA) is 50.4 Å². The summed E-state index contributed by atoms with van der Waals surface area (Å²) >= 11 is 5.25. The molecule has 1 aromatic carbocycles. The van der Waals surface area contributed by atoms with E-state index in [1.54, 1.807) is 7.11 Å². The first-order valence-electron chi connectivity index (χ1n) is 6.67. The Morgan fingerprint density at radius 2 is 2.20 bits per heavy atom. The quantitative estimate of drug-likeness (QED) is 0.817. The molecule has 1 aliphatic carbocycles. The normalized spacial score (nSPS) is 21.9. The summed E-state index contributed by atoms with van der Waals surface area (Å²) in [5.74, 6) is 0.973. The highest BCUT2D eigenvalue weighted by molar-refractivity contribution is 7.80. The van der Waals surface area contributed by atoms with E-state index in [0.717, 1.165) is 35.4 Å². The molecule has 3 rings (SSSR count). The van der Waals surface area contributed by atoms with Crippen LogP contribution in [0, 0.1) is 0 Å². The first-order chi connectivity index (χ1) is 9.69. The summed E-state index contributed by atoms with van der Waals surface area (Å²) in [4.78, 5) is 12.3. The second-order valence-corrected chi connectivity index (χ2v) is 5.39. The summed E-state index contributed by atoms with van der Waals surface area (Å²) in [5, 5.41) is 6.90. The number of carbonyl (C=O) groups excluding carboxylic acids is 1. The Morgan fingerprint density at radius 3 is 3.00 bits per heavy atom. The first-order valence-corrected chi connectivity index (χ1v) is 7.07. The van der Waals surface area contributed by atoms with Crippen LogP contribution in [0.1, 0.15) is 30.9 Å². The SMILES string of the molecule is COc1cccc([C@@H]2NC(=S)NC3=C2C(=O)CCC3)c1. The predicted molar refractivity (Wildman–Crippen MR) is 80.5 cm³/mol. The lowest BCUT2D eigenvalue weighted by Gasteiger charge is -2.33. The summed E-state index contributed by atoms with van der Waals surface area (Å²) in [6.07, 6.45) is 2.37. The molecule has 0 radical (unpaired) electrons. The van der Waals surface area contributed by atoms with Crippen molar-refractivity contribution in [3.05, 3.63) is 41.1 Å². The number of thiocarbonyl (C=S) groups is 1. The summed E-state index contributed by atoms with van der Waals surface area (Å²) in [6, 6.07) is 7.57. The highest BCUT2D eigenvalue weighted by atomic mass is 32.1. The van der Waals surface area contributed by atoms with E-state index in [4.69, 9.17) is 17.0 Å². The number of carbonyl (C=O) groups is 1. The molecular formula is C15H16N2O2S. The summed E-state index contributed by atoms with van der Waals surface area (Å²) < 4.78 is 5.26. The number of hydrogen-bond donors (Lipinski definition) is 2. The zero-order valence-corrected chi connectivity index (χ0v) is 12.0. The van der Waals surface area contributed by atoms with Gasteiger partial charge in [0, 0.05) is 17.7 Å². The monoisotopic (exact) mass is 288 g/mol. The molecule has 0 saturated carbocycles. The molecule has 0 bridgehead atoms. The number of ketones is 1. The summed E-state index contributed by atoms with van der Waals surface area (Å²) in [7, 11) is 1.63. The second-order valence-electron chi connectivity index (χ2n) is 4.98. The molecule has 0 aromatic heterocycles. The minimum atomic E-state index is -0.179. The highest BCUT2D eigenvalue weighted by Crippen LogP contribution is 2.34. The van der Waals surface area contributed by atoms with Crippen molar-refractivity contribution in [2.75, 3.05) is 7.11 Å². The predicted octanol–water partition coefficient (Wildman–Crippen LogP) is 2.22. The average molecular weight is 288 g/mol. The van der Waals surface area contributed by atoms with E-state index >= 15 is 0 Å². The Morgan fingerprint density at radius 1 is 1.35 bits per heavy atom. The molecule has 0 fully saturated rings. The van der Waals surface area contributed by atoms with E-state index in [0.29, 0.717) is 11.5 Å². The zero-order chi connectivity index (χ0) is 14.1. The molecule has 1 atom stereocenters. The lowest BCUT2D eigenvalue weighted by Crippen LogP contribution is -2.46. The lowest BCUT2D eigenvalue weighted by atomic mass is 9.85.